The number of nitrogens with two attached hydrogens (primary N) is 1. The Kier molecular flexibility index (Phi) is 4.54. The Morgan fingerprint density at radius 2 is 1.75 bits per heavy atom. The van der Waals surface area contributed by atoms with Gasteiger partial charge in [0.15, 0.2) is 0 Å². The van der Waals surface area contributed by atoms with E-state index in [1.54, 1.807) is 0 Å². The van der Waals surface area contributed by atoms with Crippen molar-refractivity contribution in [3.8, 4) is 0 Å². The number of aromatic nitrogens is 2. The van der Waals surface area contributed by atoms with Gasteiger partial charge in [0.05, 0.1) is 12.0 Å². The molecule has 0 saturated carbocycles. The summed E-state index contributed by atoms with van der Waals surface area (Å²) in [6.07, 6.45) is 3.78. The van der Waals surface area contributed by atoms with E-state index in [1.807, 2.05) is 19.4 Å². The maximum atomic E-state index is 5.93. The minimum atomic E-state index is 0.0578. The van der Waals surface area contributed by atoms with Crippen molar-refractivity contribution in [1.29, 1.82) is 0 Å². The fourth-order valence-corrected chi connectivity index (χ4v) is 2.28. The third-order valence-electron chi connectivity index (χ3n) is 3.33. The van der Waals surface area contributed by atoms with Crippen molar-refractivity contribution < 1.29 is 0 Å². The van der Waals surface area contributed by atoms with Crippen molar-refractivity contribution in [2.75, 3.05) is 0 Å². The first-order valence-corrected chi connectivity index (χ1v) is 6.19. The van der Waals surface area contributed by atoms with Crippen LogP contribution in [0.4, 0.5) is 0 Å². The quantitative estimate of drug-likeness (QED) is 0.834. The summed E-state index contributed by atoms with van der Waals surface area (Å²) >= 11 is 0. The van der Waals surface area contributed by atoms with Crippen LogP contribution in [0.15, 0.2) is 12.5 Å². The van der Waals surface area contributed by atoms with Gasteiger partial charge < -0.3 is 10.3 Å². The summed E-state index contributed by atoms with van der Waals surface area (Å²) in [7, 11) is 0. The van der Waals surface area contributed by atoms with Gasteiger partial charge in [0.2, 0.25) is 0 Å². The van der Waals surface area contributed by atoms with E-state index >= 15 is 0 Å². The first-order chi connectivity index (χ1) is 7.43. The lowest BCUT2D eigenvalue weighted by atomic mass is 9.85. The molecule has 0 spiro atoms. The van der Waals surface area contributed by atoms with Crippen molar-refractivity contribution >= 4 is 0 Å². The molecule has 1 rings (SSSR count). The van der Waals surface area contributed by atoms with Crippen LogP contribution in [0.2, 0.25) is 0 Å². The third-order valence-corrected chi connectivity index (χ3v) is 3.33. The van der Waals surface area contributed by atoms with Gasteiger partial charge in [-0.25, -0.2) is 4.98 Å². The van der Waals surface area contributed by atoms with Crippen LogP contribution in [0.1, 0.15) is 46.4 Å². The van der Waals surface area contributed by atoms with E-state index in [-0.39, 0.29) is 6.04 Å². The van der Waals surface area contributed by atoms with Crippen LogP contribution in [0.5, 0.6) is 0 Å². The SMILES string of the molecule is CC(C)C(Cn1cncc1[C@H](C)N)C(C)C. The molecule has 1 heterocycles. The Labute approximate surface area is 99.1 Å². The molecule has 0 aromatic carbocycles. The Morgan fingerprint density at radius 1 is 1.19 bits per heavy atom. The summed E-state index contributed by atoms with van der Waals surface area (Å²) in [5, 5.41) is 0. The summed E-state index contributed by atoms with van der Waals surface area (Å²) in [4.78, 5) is 4.20. The predicted octanol–water partition coefficient (Wildman–Crippen LogP) is 2.83. The summed E-state index contributed by atoms with van der Waals surface area (Å²) in [5.74, 6) is 2.04. The van der Waals surface area contributed by atoms with Crippen LogP contribution in [0.25, 0.3) is 0 Å². The molecule has 16 heavy (non-hydrogen) atoms. The van der Waals surface area contributed by atoms with E-state index in [0.717, 1.165) is 12.2 Å². The molecular formula is C13H25N3. The molecule has 92 valence electrons. The molecule has 1 aromatic rings. The molecule has 0 unspecified atom stereocenters. The largest absolute Gasteiger partial charge is 0.333 e. The highest BCUT2D eigenvalue weighted by molar-refractivity contribution is 5.03. The smallest absolute Gasteiger partial charge is 0.0948 e. The molecule has 1 aromatic heterocycles. The fourth-order valence-electron chi connectivity index (χ4n) is 2.28. The maximum absolute atomic E-state index is 5.93. The maximum Gasteiger partial charge on any atom is 0.0948 e. The molecule has 3 nitrogen and oxygen atoms in total. The average molecular weight is 223 g/mol. The fraction of sp³-hybridized carbons (Fsp3) is 0.769. The second-order valence-electron chi connectivity index (χ2n) is 5.41. The lowest BCUT2D eigenvalue weighted by Gasteiger charge is -2.26. The lowest BCUT2D eigenvalue weighted by molar-refractivity contribution is 0.248. The monoisotopic (exact) mass is 223 g/mol. The summed E-state index contributed by atoms with van der Waals surface area (Å²) < 4.78 is 2.20. The first kappa shape index (κ1) is 13.2. The van der Waals surface area contributed by atoms with Crippen LogP contribution in [-0.4, -0.2) is 9.55 Å². The van der Waals surface area contributed by atoms with Gasteiger partial charge in [-0.2, -0.15) is 0 Å². The van der Waals surface area contributed by atoms with Crippen LogP contribution in [0, 0.1) is 17.8 Å². The molecule has 1 atom stereocenters. The minimum absolute atomic E-state index is 0.0578. The molecule has 3 heteroatoms. The Bertz CT molecular complexity index is 305. The summed E-state index contributed by atoms with van der Waals surface area (Å²) in [6.45, 7) is 12.2. The van der Waals surface area contributed by atoms with E-state index < -0.39 is 0 Å². The average Bonchev–Trinajstić information content (AvgIpc) is 2.60. The molecule has 0 saturated heterocycles. The number of hydrogen-bond donors (Lipinski definition) is 1. The third kappa shape index (κ3) is 3.08. The highest BCUT2D eigenvalue weighted by Crippen LogP contribution is 2.23. The normalized spacial score (nSPS) is 14.1. The molecule has 0 amide bonds. The van der Waals surface area contributed by atoms with Gasteiger partial charge in [0, 0.05) is 18.8 Å². The zero-order chi connectivity index (χ0) is 12.3. The molecule has 0 aliphatic carbocycles. The van der Waals surface area contributed by atoms with Crippen molar-refractivity contribution in [3.05, 3.63) is 18.2 Å². The lowest BCUT2D eigenvalue weighted by Crippen LogP contribution is -2.23. The minimum Gasteiger partial charge on any atom is -0.333 e. The number of nitrogens with zero attached hydrogens (tertiary/aromatic N) is 2. The second-order valence-corrected chi connectivity index (χ2v) is 5.41. The van der Waals surface area contributed by atoms with Crippen molar-refractivity contribution in [1.82, 2.24) is 9.55 Å². The zero-order valence-corrected chi connectivity index (χ0v) is 11.1. The van der Waals surface area contributed by atoms with E-state index in [0.29, 0.717) is 17.8 Å². The molecule has 0 radical (unpaired) electrons. The second kappa shape index (κ2) is 5.48. The van der Waals surface area contributed by atoms with Crippen LogP contribution >= 0.6 is 0 Å². The highest BCUT2D eigenvalue weighted by atomic mass is 15.1. The Balaban J connectivity index is 2.81. The molecule has 0 aliphatic heterocycles. The van der Waals surface area contributed by atoms with Crippen molar-refractivity contribution in [2.24, 2.45) is 23.5 Å². The van der Waals surface area contributed by atoms with Gasteiger partial charge in [-0.3, -0.25) is 0 Å². The number of rotatable bonds is 5. The standard InChI is InChI=1S/C13H25N3/c1-9(2)12(10(3)4)7-16-8-15-6-13(16)11(5)14/h6,8-12H,7,14H2,1-5H3/t11-/m0/s1. The van der Waals surface area contributed by atoms with E-state index in [4.69, 9.17) is 5.73 Å². The molecule has 2 N–H and O–H groups in total. The molecule has 0 bridgehead atoms. The van der Waals surface area contributed by atoms with E-state index in [9.17, 15) is 0 Å². The predicted molar refractivity (Wildman–Crippen MR) is 68.0 cm³/mol. The van der Waals surface area contributed by atoms with Gasteiger partial charge in [-0.05, 0) is 24.7 Å². The van der Waals surface area contributed by atoms with Gasteiger partial charge in [-0.1, -0.05) is 27.7 Å². The Hall–Kier alpha value is -0.830. The Morgan fingerprint density at radius 3 is 2.19 bits per heavy atom. The van der Waals surface area contributed by atoms with Crippen molar-refractivity contribution in [2.45, 2.75) is 47.2 Å². The summed E-state index contributed by atoms with van der Waals surface area (Å²) in [5.41, 5.74) is 7.06. The zero-order valence-electron chi connectivity index (χ0n) is 11.1. The van der Waals surface area contributed by atoms with Gasteiger partial charge in [0.1, 0.15) is 0 Å². The van der Waals surface area contributed by atoms with Crippen LogP contribution in [-0.2, 0) is 6.54 Å². The first-order valence-electron chi connectivity index (χ1n) is 6.19. The number of hydrogen-bond acceptors (Lipinski definition) is 2. The number of imidazole rings is 1. The van der Waals surface area contributed by atoms with Gasteiger partial charge >= 0.3 is 0 Å². The van der Waals surface area contributed by atoms with E-state index in [1.165, 1.54) is 0 Å². The molecule has 0 fully saturated rings. The molecule has 0 aliphatic rings. The van der Waals surface area contributed by atoms with Gasteiger partial charge in [0.25, 0.3) is 0 Å². The summed E-state index contributed by atoms with van der Waals surface area (Å²) in [6, 6.07) is 0.0578. The van der Waals surface area contributed by atoms with Crippen LogP contribution in [0.3, 0.4) is 0 Å². The topological polar surface area (TPSA) is 43.8 Å². The van der Waals surface area contributed by atoms with Crippen molar-refractivity contribution in [3.63, 3.8) is 0 Å². The van der Waals surface area contributed by atoms with Gasteiger partial charge in [-0.15, -0.1) is 0 Å². The van der Waals surface area contributed by atoms with E-state index in [2.05, 4.69) is 37.2 Å². The van der Waals surface area contributed by atoms with Crippen LogP contribution < -0.4 is 5.73 Å². The molecular weight excluding hydrogens is 198 g/mol. The highest BCUT2D eigenvalue weighted by Gasteiger charge is 2.19.